The molecule has 0 saturated heterocycles. The Morgan fingerprint density at radius 1 is 1.42 bits per heavy atom. The number of carbonyl (C=O) groups excluding carboxylic acids is 1. The van der Waals surface area contributed by atoms with Crippen LogP contribution in [0.1, 0.15) is 16.2 Å². The van der Waals surface area contributed by atoms with Gasteiger partial charge >= 0.3 is 0 Å². The summed E-state index contributed by atoms with van der Waals surface area (Å²) in [5.74, 6) is 0.628. The number of nitrogen functional groups attached to an aromatic ring is 1. The molecule has 1 aromatic heterocycles. The van der Waals surface area contributed by atoms with Crippen LogP contribution in [0.2, 0.25) is 0 Å². The van der Waals surface area contributed by atoms with Crippen molar-refractivity contribution in [2.45, 2.75) is 10.6 Å². The number of nitrogens with zero attached hydrogens (tertiary/aromatic N) is 2. The molecule has 0 radical (unpaired) electrons. The number of halogens is 1. The first-order valence-corrected chi connectivity index (χ1v) is 7.13. The number of hydrogen-bond acceptors (Lipinski definition) is 5. The van der Waals surface area contributed by atoms with Crippen LogP contribution in [0.15, 0.2) is 39.8 Å². The van der Waals surface area contributed by atoms with E-state index in [2.05, 4.69) is 25.9 Å². The van der Waals surface area contributed by atoms with Gasteiger partial charge in [-0.15, -0.1) is 11.8 Å². The molecule has 1 aromatic carbocycles. The van der Waals surface area contributed by atoms with Gasteiger partial charge in [0.1, 0.15) is 11.6 Å². The molecule has 0 saturated carbocycles. The minimum atomic E-state index is -0.622. The van der Waals surface area contributed by atoms with Crippen molar-refractivity contribution in [3.8, 4) is 0 Å². The van der Waals surface area contributed by atoms with Crippen LogP contribution in [-0.4, -0.2) is 15.9 Å². The minimum Gasteiger partial charge on any atom is -0.383 e. The summed E-state index contributed by atoms with van der Waals surface area (Å²) < 4.78 is 1.02. The lowest BCUT2D eigenvalue weighted by atomic mass is 10.3. The van der Waals surface area contributed by atoms with Crippen molar-refractivity contribution in [2.75, 3.05) is 5.73 Å². The van der Waals surface area contributed by atoms with Gasteiger partial charge in [-0.25, -0.2) is 9.97 Å². The van der Waals surface area contributed by atoms with Crippen molar-refractivity contribution in [1.82, 2.24) is 9.97 Å². The van der Waals surface area contributed by atoms with Crippen LogP contribution < -0.4 is 11.5 Å². The van der Waals surface area contributed by atoms with E-state index in [0.29, 0.717) is 11.6 Å². The van der Waals surface area contributed by atoms with Crippen molar-refractivity contribution in [1.29, 1.82) is 0 Å². The molecule has 0 spiro atoms. The Morgan fingerprint density at radius 2 is 2.21 bits per heavy atom. The number of aromatic nitrogens is 2. The largest absolute Gasteiger partial charge is 0.383 e. The van der Waals surface area contributed by atoms with E-state index in [0.717, 1.165) is 9.37 Å². The fourth-order valence-electron chi connectivity index (χ4n) is 1.40. The lowest BCUT2D eigenvalue weighted by Gasteiger charge is -2.04. The highest BCUT2D eigenvalue weighted by Crippen LogP contribution is 2.24. The Kier molecular flexibility index (Phi) is 4.39. The summed E-state index contributed by atoms with van der Waals surface area (Å²) in [5, 5.41) is 0. The van der Waals surface area contributed by atoms with E-state index in [1.165, 1.54) is 6.20 Å². The van der Waals surface area contributed by atoms with Gasteiger partial charge in [0, 0.05) is 15.6 Å². The number of hydrogen-bond donors (Lipinski definition) is 2. The highest BCUT2D eigenvalue weighted by atomic mass is 79.9. The molecule has 5 nitrogen and oxygen atoms in total. The lowest BCUT2D eigenvalue weighted by Crippen LogP contribution is -2.15. The molecule has 0 unspecified atom stereocenters. The van der Waals surface area contributed by atoms with E-state index < -0.39 is 5.91 Å². The quantitative estimate of drug-likeness (QED) is 0.833. The number of rotatable bonds is 4. The molecule has 1 heterocycles. The van der Waals surface area contributed by atoms with Crippen LogP contribution in [0.3, 0.4) is 0 Å². The Morgan fingerprint density at radius 3 is 2.84 bits per heavy atom. The average Bonchev–Trinajstić information content (AvgIpc) is 2.36. The van der Waals surface area contributed by atoms with Gasteiger partial charge in [-0.1, -0.05) is 22.0 Å². The third-order valence-electron chi connectivity index (χ3n) is 2.30. The number of carbonyl (C=O) groups is 1. The van der Waals surface area contributed by atoms with Crippen molar-refractivity contribution in [2.24, 2.45) is 5.73 Å². The molecular formula is C12H11BrN4OS. The molecule has 2 aromatic rings. The van der Waals surface area contributed by atoms with Gasteiger partial charge in [0.15, 0.2) is 0 Å². The maximum atomic E-state index is 11.0. The number of anilines is 1. The van der Waals surface area contributed by atoms with Gasteiger partial charge in [-0.05, 0) is 18.2 Å². The summed E-state index contributed by atoms with van der Waals surface area (Å²) >= 11 is 4.99. The highest BCUT2D eigenvalue weighted by molar-refractivity contribution is 9.10. The molecule has 0 fully saturated rings. The fourth-order valence-corrected chi connectivity index (χ4v) is 2.77. The monoisotopic (exact) mass is 338 g/mol. The molecule has 7 heteroatoms. The van der Waals surface area contributed by atoms with E-state index in [9.17, 15) is 4.79 Å². The zero-order chi connectivity index (χ0) is 13.8. The van der Waals surface area contributed by atoms with E-state index in [4.69, 9.17) is 11.5 Å². The van der Waals surface area contributed by atoms with Gasteiger partial charge in [0.05, 0.1) is 11.3 Å². The van der Waals surface area contributed by atoms with Crippen LogP contribution in [0.4, 0.5) is 5.82 Å². The summed E-state index contributed by atoms with van der Waals surface area (Å²) in [4.78, 5) is 20.2. The summed E-state index contributed by atoms with van der Waals surface area (Å²) in [7, 11) is 0. The Labute approximate surface area is 122 Å². The highest BCUT2D eigenvalue weighted by Gasteiger charge is 2.09. The first kappa shape index (κ1) is 13.8. The molecule has 4 N–H and O–H groups in total. The fraction of sp³-hybridized carbons (Fsp3) is 0.0833. The molecule has 0 aliphatic carbocycles. The second kappa shape index (κ2) is 6.03. The molecular weight excluding hydrogens is 328 g/mol. The average molecular weight is 339 g/mol. The van der Waals surface area contributed by atoms with Gasteiger partial charge in [0.25, 0.3) is 5.91 Å². The van der Waals surface area contributed by atoms with E-state index in [-0.39, 0.29) is 11.4 Å². The Hall–Kier alpha value is -1.60. The molecule has 19 heavy (non-hydrogen) atoms. The van der Waals surface area contributed by atoms with Crippen LogP contribution in [0.5, 0.6) is 0 Å². The molecule has 0 bridgehead atoms. The molecule has 0 atom stereocenters. The summed E-state index contributed by atoms with van der Waals surface area (Å²) in [5.41, 5.74) is 10.9. The first-order valence-electron chi connectivity index (χ1n) is 5.36. The second-order valence-corrected chi connectivity index (χ2v) is 5.66. The van der Waals surface area contributed by atoms with Crippen LogP contribution >= 0.6 is 27.7 Å². The summed E-state index contributed by atoms with van der Waals surface area (Å²) in [6.45, 7) is 0. The maximum Gasteiger partial charge on any atom is 0.254 e. The van der Waals surface area contributed by atoms with Crippen molar-refractivity contribution >= 4 is 39.4 Å². The summed E-state index contributed by atoms with van der Waals surface area (Å²) in [6.07, 6.45) is 1.36. The topological polar surface area (TPSA) is 94.9 Å². The third-order valence-corrected chi connectivity index (χ3v) is 3.78. The molecule has 0 aliphatic rings. The van der Waals surface area contributed by atoms with E-state index in [1.807, 2.05) is 24.3 Å². The number of amides is 1. The smallest absolute Gasteiger partial charge is 0.254 e. The normalized spacial score (nSPS) is 10.4. The predicted octanol–water partition coefficient (Wildman–Crippen LogP) is 2.21. The van der Waals surface area contributed by atoms with Crippen LogP contribution in [0, 0.1) is 0 Å². The molecule has 1 amide bonds. The molecule has 2 rings (SSSR count). The van der Waals surface area contributed by atoms with Gasteiger partial charge in [-0.2, -0.15) is 0 Å². The molecule has 98 valence electrons. The molecule has 0 aliphatic heterocycles. The first-order chi connectivity index (χ1) is 9.06. The summed E-state index contributed by atoms with van der Waals surface area (Å²) in [6, 6.07) is 7.92. The van der Waals surface area contributed by atoms with Crippen molar-refractivity contribution in [3.63, 3.8) is 0 Å². The number of primary amides is 1. The zero-order valence-corrected chi connectivity index (χ0v) is 12.2. The van der Waals surface area contributed by atoms with Crippen LogP contribution in [-0.2, 0) is 5.75 Å². The van der Waals surface area contributed by atoms with Crippen molar-refractivity contribution in [3.05, 3.63) is 46.3 Å². The Bertz CT molecular complexity index is 620. The van der Waals surface area contributed by atoms with Gasteiger partial charge < -0.3 is 11.5 Å². The zero-order valence-electron chi connectivity index (χ0n) is 9.84. The van der Waals surface area contributed by atoms with E-state index >= 15 is 0 Å². The van der Waals surface area contributed by atoms with Gasteiger partial charge in [0.2, 0.25) is 0 Å². The maximum absolute atomic E-state index is 11.0. The Balaban J connectivity index is 2.08. The minimum absolute atomic E-state index is 0.118. The standard InChI is InChI=1S/C12H11BrN4OS/c13-7-2-1-3-8(4-7)19-6-10-16-5-9(12(15)18)11(14)17-10/h1-5H,6H2,(H2,15,18)(H2,14,16,17). The van der Waals surface area contributed by atoms with Gasteiger partial charge in [-0.3, -0.25) is 4.79 Å². The van der Waals surface area contributed by atoms with Crippen molar-refractivity contribution < 1.29 is 4.79 Å². The van der Waals surface area contributed by atoms with Crippen LogP contribution in [0.25, 0.3) is 0 Å². The third kappa shape index (κ3) is 3.68. The van der Waals surface area contributed by atoms with E-state index in [1.54, 1.807) is 11.8 Å². The number of benzene rings is 1. The second-order valence-electron chi connectivity index (χ2n) is 3.70. The lowest BCUT2D eigenvalue weighted by molar-refractivity contribution is 0.100. The number of nitrogens with two attached hydrogens (primary N) is 2. The SMILES string of the molecule is NC(=O)c1cnc(CSc2cccc(Br)c2)nc1N. The number of thioether (sulfide) groups is 1. The predicted molar refractivity (Wildman–Crippen MR) is 78.7 cm³/mol.